The van der Waals surface area contributed by atoms with Gasteiger partial charge in [0.05, 0.1) is 10.7 Å². The molecule has 76 valence electrons. The summed E-state index contributed by atoms with van der Waals surface area (Å²) in [5, 5.41) is 16.7. The van der Waals surface area contributed by atoms with Crippen LogP contribution in [-0.2, 0) is 0 Å². The number of aromatic nitrogens is 2. The van der Waals surface area contributed by atoms with Crippen LogP contribution in [0.3, 0.4) is 0 Å². The van der Waals surface area contributed by atoms with E-state index in [2.05, 4.69) is 10.2 Å². The molecule has 0 bridgehead atoms. The maximum atomic E-state index is 13.5. The highest BCUT2D eigenvalue weighted by Gasteiger charge is 2.10. The second-order valence-corrected chi connectivity index (χ2v) is 3.30. The van der Waals surface area contributed by atoms with Gasteiger partial charge in [-0.3, -0.25) is 0 Å². The lowest BCUT2D eigenvalue weighted by molar-refractivity contribution is 0.474. The molecule has 0 aliphatic rings. The molecule has 1 aromatic carbocycles. The van der Waals surface area contributed by atoms with Gasteiger partial charge in [0.15, 0.2) is 0 Å². The smallest absolute Gasteiger partial charge is 0.135 e. The summed E-state index contributed by atoms with van der Waals surface area (Å²) < 4.78 is 13.5. The Morgan fingerprint density at radius 2 is 2.13 bits per heavy atom. The third-order valence-electron chi connectivity index (χ3n) is 1.88. The highest BCUT2D eigenvalue weighted by molar-refractivity contribution is 6.32. The van der Waals surface area contributed by atoms with Gasteiger partial charge in [-0.15, -0.1) is 0 Å². The third kappa shape index (κ3) is 1.89. The molecule has 0 aliphatic heterocycles. The van der Waals surface area contributed by atoms with Crippen LogP contribution in [0.1, 0.15) is 0 Å². The van der Waals surface area contributed by atoms with Gasteiger partial charge >= 0.3 is 0 Å². The minimum Gasteiger partial charge on any atom is -0.506 e. The summed E-state index contributed by atoms with van der Waals surface area (Å²) in [6.45, 7) is 0. The highest BCUT2D eigenvalue weighted by Crippen LogP contribution is 2.30. The van der Waals surface area contributed by atoms with E-state index in [0.717, 1.165) is 6.07 Å². The molecule has 0 spiro atoms. The maximum absolute atomic E-state index is 13.5. The zero-order valence-electron chi connectivity index (χ0n) is 7.48. The lowest BCUT2D eigenvalue weighted by atomic mass is 10.1. The average molecular weight is 225 g/mol. The Bertz CT molecular complexity index is 490. The molecule has 2 aromatic rings. The molecule has 2 rings (SSSR count). The van der Waals surface area contributed by atoms with Crippen LogP contribution in [0.2, 0.25) is 5.02 Å². The van der Waals surface area contributed by atoms with Crippen molar-refractivity contribution in [3.8, 4) is 17.0 Å². The first kappa shape index (κ1) is 9.86. The molecule has 5 heteroatoms. The molecular weight excluding hydrogens is 219 g/mol. The molecule has 0 amide bonds. The standard InChI is InChI=1S/C10H6ClFN2O/c11-7-5-8(12)6(4-10(7)15)9-2-1-3-13-14-9/h1-5,15H. The fraction of sp³-hybridized carbons (Fsp3) is 0. The second kappa shape index (κ2) is 3.82. The average Bonchev–Trinajstić information content (AvgIpc) is 2.25. The monoisotopic (exact) mass is 224 g/mol. The van der Waals surface area contributed by atoms with E-state index in [4.69, 9.17) is 11.6 Å². The number of phenolic OH excluding ortho intramolecular Hbond substituents is 1. The molecule has 0 unspecified atom stereocenters. The number of phenols is 1. The minimum absolute atomic E-state index is 0.0276. The van der Waals surface area contributed by atoms with Crippen LogP contribution < -0.4 is 0 Å². The quantitative estimate of drug-likeness (QED) is 0.810. The predicted octanol–water partition coefficient (Wildman–Crippen LogP) is 2.64. The van der Waals surface area contributed by atoms with Crippen LogP contribution in [-0.4, -0.2) is 15.3 Å². The van der Waals surface area contributed by atoms with Crippen LogP contribution in [0.15, 0.2) is 30.5 Å². The summed E-state index contributed by atoms with van der Waals surface area (Å²) in [4.78, 5) is 0. The van der Waals surface area contributed by atoms with Crippen molar-refractivity contribution in [2.24, 2.45) is 0 Å². The highest BCUT2D eigenvalue weighted by atomic mass is 35.5. The summed E-state index contributed by atoms with van der Waals surface area (Å²) >= 11 is 5.55. The first-order chi connectivity index (χ1) is 7.18. The summed E-state index contributed by atoms with van der Waals surface area (Å²) in [6, 6.07) is 5.49. The van der Waals surface area contributed by atoms with Crippen LogP contribution in [0, 0.1) is 5.82 Å². The Labute approximate surface area is 90.2 Å². The number of halogens is 2. The molecular formula is C10H6ClFN2O. The maximum Gasteiger partial charge on any atom is 0.135 e. The van der Waals surface area contributed by atoms with Crippen molar-refractivity contribution in [2.75, 3.05) is 0 Å². The van der Waals surface area contributed by atoms with E-state index in [1.807, 2.05) is 0 Å². The van der Waals surface area contributed by atoms with Crippen molar-refractivity contribution in [1.29, 1.82) is 0 Å². The number of rotatable bonds is 1. The zero-order valence-corrected chi connectivity index (χ0v) is 8.24. The van der Waals surface area contributed by atoms with E-state index in [1.54, 1.807) is 12.1 Å². The largest absolute Gasteiger partial charge is 0.506 e. The molecule has 1 heterocycles. The molecule has 0 saturated carbocycles. The summed E-state index contributed by atoms with van der Waals surface area (Å²) in [7, 11) is 0. The molecule has 1 aromatic heterocycles. The Balaban J connectivity index is 2.59. The number of benzene rings is 1. The number of hydrogen-bond acceptors (Lipinski definition) is 3. The van der Waals surface area contributed by atoms with E-state index in [-0.39, 0.29) is 16.3 Å². The zero-order chi connectivity index (χ0) is 10.8. The minimum atomic E-state index is -0.543. The lowest BCUT2D eigenvalue weighted by Crippen LogP contribution is -1.89. The molecule has 3 nitrogen and oxygen atoms in total. The number of aromatic hydroxyl groups is 1. The summed E-state index contributed by atoms with van der Waals surface area (Å²) in [6.07, 6.45) is 1.48. The first-order valence-corrected chi connectivity index (χ1v) is 4.52. The Morgan fingerprint density at radius 3 is 2.80 bits per heavy atom. The summed E-state index contributed by atoms with van der Waals surface area (Å²) in [5.74, 6) is -0.725. The fourth-order valence-electron chi connectivity index (χ4n) is 1.18. The summed E-state index contributed by atoms with van der Waals surface area (Å²) in [5.41, 5.74) is 0.520. The Morgan fingerprint density at radius 1 is 1.33 bits per heavy atom. The van der Waals surface area contributed by atoms with Gasteiger partial charge in [0, 0.05) is 11.8 Å². The van der Waals surface area contributed by atoms with Gasteiger partial charge in [-0.2, -0.15) is 10.2 Å². The van der Waals surface area contributed by atoms with Gasteiger partial charge in [-0.25, -0.2) is 4.39 Å². The van der Waals surface area contributed by atoms with Crippen molar-refractivity contribution in [3.05, 3.63) is 41.3 Å². The molecule has 0 radical (unpaired) electrons. The molecule has 0 aliphatic carbocycles. The van der Waals surface area contributed by atoms with E-state index in [0.29, 0.717) is 5.69 Å². The Kier molecular flexibility index (Phi) is 2.51. The van der Waals surface area contributed by atoms with Gasteiger partial charge in [0.25, 0.3) is 0 Å². The van der Waals surface area contributed by atoms with Gasteiger partial charge in [-0.1, -0.05) is 11.6 Å². The molecule has 0 fully saturated rings. The van der Waals surface area contributed by atoms with Crippen LogP contribution in [0.4, 0.5) is 4.39 Å². The van der Waals surface area contributed by atoms with E-state index in [1.165, 1.54) is 12.3 Å². The van der Waals surface area contributed by atoms with Crippen molar-refractivity contribution in [3.63, 3.8) is 0 Å². The molecule has 1 N–H and O–H groups in total. The molecule has 0 atom stereocenters. The molecule has 15 heavy (non-hydrogen) atoms. The fourth-order valence-corrected chi connectivity index (χ4v) is 1.33. The van der Waals surface area contributed by atoms with Crippen molar-refractivity contribution in [2.45, 2.75) is 0 Å². The number of nitrogens with zero attached hydrogens (tertiary/aromatic N) is 2. The van der Waals surface area contributed by atoms with Crippen molar-refractivity contribution in [1.82, 2.24) is 10.2 Å². The van der Waals surface area contributed by atoms with Crippen LogP contribution >= 0.6 is 11.6 Å². The first-order valence-electron chi connectivity index (χ1n) is 4.14. The lowest BCUT2D eigenvalue weighted by Gasteiger charge is -2.03. The predicted molar refractivity (Wildman–Crippen MR) is 54.1 cm³/mol. The Hall–Kier alpha value is -1.68. The van der Waals surface area contributed by atoms with E-state index >= 15 is 0 Å². The van der Waals surface area contributed by atoms with E-state index < -0.39 is 5.82 Å². The van der Waals surface area contributed by atoms with Crippen molar-refractivity contribution < 1.29 is 9.50 Å². The number of hydrogen-bond donors (Lipinski definition) is 1. The normalized spacial score (nSPS) is 10.3. The van der Waals surface area contributed by atoms with Crippen LogP contribution in [0.5, 0.6) is 5.75 Å². The van der Waals surface area contributed by atoms with E-state index in [9.17, 15) is 9.50 Å². The second-order valence-electron chi connectivity index (χ2n) is 2.89. The van der Waals surface area contributed by atoms with Gasteiger partial charge < -0.3 is 5.11 Å². The topological polar surface area (TPSA) is 46.0 Å². The van der Waals surface area contributed by atoms with Gasteiger partial charge in [-0.05, 0) is 24.3 Å². The van der Waals surface area contributed by atoms with Gasteiger partial charge in [0.1, 0.15) is 11.6 Å². The SMILES string of the molecule is Oc1cc(-c2cccnn2)c(F)cc1Cl. The van der Waals surface area contributed by atoms with Gasteiger partial charge in [0.2, 0.25) is 0 Å². The molecule has 0 saturated heterocycles. The van der Waals surface area contributed by atoms with Crippen molar-refractivity contribution >= 4 is 11.6 Å². The third-order valence-corrected chi connectivity index (χ3v) is 2.19. The van der Waals surface area contributed by atoms with Crippen LogP contribution in [0.25, 0.3) is 11.3 Å².